The highest BCUT2D eigenvalue weighted by atomic mass is 16.4. The molecule has 0 aromatic rings. The molecule has 1 fully saturated rings. The minimum absolute atomic E-state index is 0.0000176. The van der Waals surface area contributed by atoms with Crippen molar-refractivity contribution in [1.82, 2.24) is 15.5 Å². The maximum absolute atomic E-state index is 11.8. The SMILES string of the molecule is CNC(=O)CN1CCC(NC(=O)CC(C)CC(=O)O)CC1. The molecule has 21 heavy (non-hydrogen) atoms. The number of likely N-dealkylation sites (tertiary alicyclic amines) is 1. The fourth-order valence-corrected chi connectivity index (χ4v) is 2.49. The van der Waals surface area contributed by atoms with E-state index in [9.17, 15) is 14.4 Å². The van der Waals surface area contributed by atoms with Gasteiger partial charge in [0.05, 0.1) is 6.54 Å². The Hall–Kier alpha value is -1.63. The van der Waals surface area contributed by atoms with Crippen molar-refractivity contribution in [3.05, 3.63) is 0 Å². The standard InChI is InChI=1S/C14H25N3O4/c1-10(8-14(20)21)7-12(18)16-11-3-5-17(6-4-11)9-13(19)15-2/h10-11H,3-9H2,1-2H3,(H,15,19)(H,16,18)(H,20,21). The van der Waals surface area contributed by atoms with Crippen LogP contribution in [0.3, 0.4) is 0 Å². The molecule has 0 saturated carbocycles. The molecule has 0 spiro atoms. The van der Waals surface area contributed by atoms with Crippen LogP contribution in [-0.4, -0.2) is 60.5 Å². The highest BCUT2D eigenvalue weighted by Gasteiger charge is 2.22. The zero-order valence-corrected chi connectivity index (χ0v) is 12.7. The molecule has 1 aliphatic rings. The highest BCUT2D eigenvalue weighted by Crippen LogP contribution is 2.12. The second-order valence-corrected chi connectivity index (χ2v) is 5.70. The first kappa shape index (κ1) is 17.4. The van der Waals surface area contributed by atoms with E-state index in [1.807, 2.05) is 0 Å². The van der Waals surface area contributed by atoms with Crippen molar-refractivity contribution in [3.63, 3.8) is 0 Å². The molecular weight excluding hydrogens is 274 g/mol. The third kappa shape index (κ3) is 7.08. The van der Waals surface area contributed by atoms with E-state index in [2.05, 4.69) is 15.5 Å². The Kier molecular flexibility index (Phi) is 7.14. The quantitative estimate of drug-likeness (QED) is 0.605. The van der Waals surface area contributed by atoms with Crippen molar-refractivity contribution in [3.8, 4) is 0 Å². The molecule has 1 atom stereocenters. The number of hydrogen-bond acceptors (Lipinski definition) is 4. The minimum Gasteiger partial charge on any atom is -0.481 e. The topological polar surface area (TPSA) is 98.7 Å². The van der Waals surface area contributed by atoms with E-state index in [1.54, 1.807) is 14.0 Å². The van der Waals surface area contributed by atoms with Gasteiger partial charge in [0, 0.05) is 39.0 Å². The molecule has 1 unspecified atom stereocenters. The van der Waals surface area contributed by atoms with Crippen LogP contribution in [-0.2, 0) is 14.4 Å². The number of carboxylic acids is 1. The summed E-state index contributed by atoms with van der Waals surface area (Å²) in [7, 11) is 1.62. The zero-order valence-electron chi connectivity index (χ0n) is 12.7. The molecule has 2 amide bonds. The monoisotopic (exact) mass is 299 g/mol. The summed E-state index contributed by atoms with van der Waals surface area (Å²) in [5.74, 6) is -1.12. The van der Waals surface area contributed by atoms with Gasteiger partial charge in [-0.1, -0.05) is 6.92 Å². The van der Waals surface area contributed by atoms with E-state index >= 15 is 0 Å². The molecule has 1 heterocycles. The zero-order chi connectivity index (χ0) is 15.8. The number of aliphatic carboxylic acids is 1. The van der Waals surface area contributed by atoms with E-state index < -0.39 is 5.97 Å². The minimum atomic E-state index is -0.877. The number of nitrogens with one attached hydrogen (secondary N) is 2. The number of carboxylic acid groups (broad SMARTS) is 1. The summed E-state index contributed by atoms with van der Waals surface area (Å²) in [5, 5.41) is 14.2. The molecule has 0 bridgehead atoms. The maximum atomic E-state index is 11.8. The first-order chi connectivity index (χ1) is 9.90. The number of nitrogens with zero attached hydrogens (tertiary/aromatic N) is 1. The van der Waals surface area contributed by atoms with Crippen molar-refractivity contribution >= 4 is 17.8 Å². The van der Waals surface area contributed by atoms with Gasteiger partial charge in [0.25, 0.3) is 0 Å². The third-order valence-corrected chi connectivity index (χ3v) is 3.66. The lowest BCUT2D eigenvalue weighted by Gasteiger charge is -2.31. The average molecular weight is 299 g/mol. The van der Waals surface area contributed by atoms with E-state index in [0.29, 0.717) is 6.54 Å². The van der Waals surface area contributed by atoms with Gasteiger partial charge in [0.2, 0.25) is 11.8 Å². The van der Waals surface area contributed by atoms with E-state index in [4.69, 9.17) is 5.11 Å². The van der Waals surface area contributed by atoms with E-state index in [-0.39, 0.29) is 36.6 Å². The average Bonchev–Trinajstić information content (AvgIpc) is 2.39. The van der Waals surface area contributed by atoms with Gasteiger partial charge in [-0.3, -0.25) is 19.3 Å². The van der Waals surface area contributed by atoms with E-state index in [1.165, 1.54) is 0 Å². The van der Waals surface area contributed by atoms with Crippen molar-refractivity contribution < 1.29 is 19.5 Å². The lowest BCUT2D eigenvalue weighted by molar-refractivity contribution is -0.138. The fraction of sp³-hybridized carbons (Fsp3) is 0.786. The Morgan fingerprint density at radius 3 is 2.33 bits per heavy atom. The summed E-state index contributed by atoms with van der Waals surface area (Å²) in [6, 6.07) is 0.121. The van der Waals surface area contributed by atoms with Crippen molar-refractivity contribution in [1.29, 1.82) is 0 Å². The molecular formula is C14H25N3O4. The van der Waals surface area contributed by atoms with Crippen LogP contribution < -0.4 is 10.6 Å². The first-order valence-corrected chi connectivity index (χ1v) is 7.34. The molecule has 0 radical (unpaired) electrons. The van der Waals surface area contributed by atoms with Crippen LogP contribution in [0.4, 0.5) is 0 Å². The smallest absolute Gasteiger partial charge is 0.303 e. The van der Waals surface area contributed by atoms with Crippen molar-refractivity contribution in [2.75, 3.05) is 26.7 Å². The Morgan fingerprint density at radius 1 is 1.19 bits per heavy atom. The first-order valence-electron chi connectivity index (χ1n) is 7.34. The van der Waals surface area contributed by atoms with Crippen molar-refractivity contribution in [2.24, 2.45) is 5.92 Å². The summed E-state index contributed by atoms with van der Waals surface area (Å²) in [5.41, 5.74) is 0. The van der Waals surface area contributed by atoms with Crippen LogP contribution in [0.2, 0.25) is 0 Å². The van der Waals surface area contributed by atoms with Gasteiger partial charge >= 0.3 is 5.97 Å². The lowest BCUT2D eigenvalue weighted by atomic mass is 10.0. The van der Waals surface area contributed by atoms with Crippen molar-refractivity contribution in [2.45, 2.75) is 38.6 Å². The van der Waals surface area contributed by atoms with E-state index in [0.717, 1.165) is 25.9 Å². The van der Waals surface area contributed by atoms with Crippen LogP contribution in [0.15, 0.2) is 0 Å². The Balaban J connectivity index is 2.24. The van der Waals surface area contributed by atoms with Crippen LogP contribution in [0.1, 0.15) is 32.6 Å². The van der Waals surface area contributed by atoms with Gasteiger partial charge in [-0.25, -0.2) is 0 Å². The van der Waals surface area contributed by atoms with Gasteiger partial charge in [-0.05, 0) is 18.8 Å². The van der Waals surface area contributed by atoms with Crippen LogP contribution in [0, 0.1) is 5.92 Å². The molecule has 1 aliphatic heterocycles. The second-order valence-electron chi connectivity index (χ2n) is 5.70. The van der Waals surface area contributed by atoms with Crippen LogP contribution in [0.5, 0.6) is 0 Å². The number of likely N-dealkylation sites (N-methyl/N-ethyl adjacent to an activating group) is 1. The Labute approximate surface area is 125 Å². The summed E-state index contributed by atoms with van der Waals surface area (Å²) >= 11 is 0. The number of rotatable bonds is 7. The molecule has 7 nitrogen and oxygen atoms in total. The summed E-state index contributed by atoms with van der Waals surface area (Å²) in [6.07, 6.45) is 1.88. The predicted octanol–water partition coefficient (Wildman–Crippen LogP) is -0.186. The number of carbonyl (C=O) groups is 3. The van der Waals surface area contributed by atoms with Gasteiger partial charge in [-0.15, -0.1) is 0 Å². The second kappa shape index (κ2) is 8.61. The lowest BCUT2D eigenvalue weighted by Crippen LogP contribution is -2.47. The Bertz CT molecular complexity index is 378. The summed E-state index contributed by atoms with van der Waals surface area (Å²) in [4.78, 5) is 35.7. The molecule has 1 saturated heterocycles. The van der Waals surface area contributed by atoms with Gasteiger partial charge in [-0.2, -0.15) is 0 Å². The molecule has 0 aromatic heterocycles. The number of carbonyl (C=O) groups excluding carboxylic acids is 2. The highest BCUT2D eigenvalue weighted by molar-refractivity contribution is 5.78. The third-order valence-electron chi connectivity index (χ3n) is 3.66. The maximum Gasteiger partial charge on any atom is 0.303 e. The molecule has 120 valence electrons. The van der Waals surface area contributed by atoms with Crippen LogP contribution in [0.25, 0.3) is 0 Å². The number of amides is 2. The molecule has 7 heteroatoms. The van der Waals surface area contributed by atoms with Gasteiger partial charge < -0.3 is 15.7 Å². The summed E-state index contributed by atoms with van der Waals surface area (Å²) in [6.45, 7) is 3.72. The molecule has 0 aliphatic carbocycles. The van der Waals surface area contributed by atoms with Gasteiger partial charge in [0.15, 0.2) is 0 Å². The molecule has 1 rings (SSSR count). The normalized spacial score (nSPS) is 18.0. The van der Waals surface area contributed by atoms with Crippen LogP contribution >= 0.6 is 0 Å². The largest absolute Gasteiger partial charge is 0.481 e. The fourth-order valence-electron chi connectivity index (χ4n) is 2.49. The molecule has 0 aromatic carbocycles. The van der Waals surface area contributed by atoms with Gasteiger partial charge in [0.1, 0.15) is 0 Å². The predicted molar refractivity (Wildman–Crippen MR) is 77.7 cm³/mol. The number of piperidine rings is 1. The number of hydrogen-bond donors (Lipinski definition) is 3. The summed E-state index contributed by atoms with van der Waals surface area (Å²) < 4.78 is 0. The molecule has 3 N–H and O–H groups in total. The Morgan fingerprint density at radius 2 is 1.81 bits per heavy atom.